The van der Waals surface area contributed by atoms with Gasteiger partial charge in [-0.1, -0.05) is 15.9 Å². The maximum atomic E-state index is 11.9. The number of alkyl halides is 1. The van der Waals surface area contributed by atoms with Gasteiger partial charge in [0.15, 0.2) is 0 Å². The monoisotopic (exact) mass is 273 g/mol. The molecular formula is C10H16BrN3O. The molecule has 0 fully saturated rings. The number of hydrogen-bond donors (Lipinski definition) is 0. The van der Waals surface area contributed by atoms with Crippen LogP contribution >= 0.6 is 15.9 Å². The second kappa shape index (κ2) is 5.90. The van der Waals surface area contributed by atoms with Crippen LogP contribution < -0.4 is 0 Å². The Morgan fingerprint density at radius 3 is 2.87 bits per heavy atom. The molecule has 0 spiro atoms. The van der Waals surface area contributed by atoms with Crippen molar-refractivity contribution in [2.24, 2.45) is 7.05 Å². The van der Waals surface area contributed by atoms with Gasteiger partial charge in [-0.2, -0.15) is 0 Å². The number of amides is 1. The summed E-state index contributed by atoms with van der Waals surface area (Å²) in [6.07, 6.45) is 4.36. The average Bonchev–Trinajstić information content (AvgIpc) is 2.65. The lowest BCUT2D eigenvalue weighted by Crippen LogP contribution is -2.32. The van der Waals surface area contributed by atoms with Gasteiger partial charge in [0, 0.05) is 31.7 Å². The lowest BCUT2D eigenvalue weighted by molar-refractivity contribution is 0.0759. The van der Waals surface area contributed by atoms with Crippen molar-refractivity contribution in [3.05, 3.63) is 18.2 Å². The van der Waals surface area contributed by atoms with Crippen molar-refractivity contribution in [2.45, 2.75) is 13.3 Å². The van der Waals surface area contributed by atoms with Crippen molar-refractivity contribution in [3.8, 4) is 0 Å². The standard InChI is InChI=1S/C10H16BrN3O/c1-3-14(6-4-5-11)10(15)9-7-13(2)8-12-9/h7-8H,3-6H2,1-2H3. The number of carbonyl (C=O) groups excluding carboxylic acids is 1. The molecule has 15 heavy (non-hydrogen) atoms. The van der Waals surface area contributed by atoms with Crippen LogP contribution in [0, 0.1) is 0 Å². The molecule has 0 saturated heterocycles. The highest BCUT2D eigenvalue weighted by atomic mass is 79.9. The third-order valence-corrected chi connectivity index (χ3v) is 2.72. The lowest BCUT2D eigenvalue weighted by Gasteiger charge is -2.18. The molecule has 1 aromatic rings. The fourth-order valence-corrected chi connectivity index (χ4v) is 1.59. The van der Waals surface area contributed by atoms with E-state index in [0.29, 0.717) is 5.69 Å². The van der Waals surface area contributed by atoms with Crippen LogP contribution in [0.4, 0.5) is 0 Å². The number of carbonyl (C=O) groups is 1. The van der Waals surface area contributed by atoms with Crippen molar-refractivity contribution in [2.75, 3.05) is 18.4 Å². The molecule has 0 aliphatic rings. The average molecular weight is 274 g/mol. The summed E-state index contributed by atoms with van der Waals surface area (Å²) < 4.78 is 1.78. The third kappa shape index (κ3) is 3.34. The maximum absolute atomic E-state index is 11.9. The molecule has 5 heteroatoms. The van der Waals surface area contributed by atoms with Gasteiger partial charge in [-0.25, -0.2) is 4.98 Å². The van der Waals surface area contributed by atoms with E-state index in [1.807, 2.05) is 18.9 Å². The van der Waals surface area contributed by atoms with Crippen LogP contribution in [0.15, 0.2) is 12.5 Å². The molecule has 0 atom stereocenters. The van der Waals surface area contributed by atoms with Crippen molar-refractivity contribution >= 4 is 21.8 Å². The number of rotatable bonds is 5. The van der Waals surface area contributed by atoms with Gasteiger partial charge in [-0.05, 0) is 13.3 Å². The SMILES string of the molecule is CCN(CCCBr)C(=O)c1cn(C)cn1. The largest absolute Gasteiger partial charge is 0.340 e. The van der Waals surface area contributed by atoms with E-state index < -0.39 is 0 Å². The first-order valence-corrected chi connectivity index (χ1v) is 6.14. The number of halogens is 1. The van der Waals surface area contributed by atoms with E-state index in [2.05, 4.69) is 20.9 Å². The maximum Gasteiger partial charge on any atom is 0.274 e. The van der Waals surface area contributed by atoms with Gasteiger partial charge >= 0.3 is 0 Å². The topological polar surface area (TPSA) is 38.1 Å². The number of aryl methyl sites for hydroxylation is 1. The summed E-state index contributed by atoms with van der Waals surface area (Å²) in [6.45, 7) is 3.48. The van der Waals surface area contributed by atoms with E-state index in [9.17, 15) is 4.79 Å². The zero-order valence-electron chi connectivity index (χ0n) is 9.11. The summed E-state index contributed by atoms with van der Waals surface area (Å²) in [5.74, 6) is 0.0130. The van der Waals surface area contributed by atoms with Gasteiger partial charge in [-0.3, -0.25) is 4.79 Å². The zero-order valence-corrected chi connectivity index (χ0v) is 10.7. The van der Waals surface area contributed by atoms with E-state index in [1.54, 1.807) is 17.1 Å². The highest BCUT2D eigenvalue weighted by Gasteiger charge is 2.15. The molecule has 0 aromatic carbocycles. The summed E-state index contributed by atoms with van der Waals surface area (Å²) in [7, 11) is 1.86. The smallest absolute Gasteiger partial charge is 0.274 e. The van der Waals surface area contributed by atoms with Crippen molar-refractivity contribution in [1.29, 1.82) is 0 Å². The van der Waals surface area contributed by atoms with Crippen LogP contribution in [0.1, 0.15) is 23.8 Å². The van der Waals surface area contributed by atoms with Crippen molar-refractivity contribution in [1.82, 2.24) is 14.5 Å². The first kappa shape index (κ1) is 12.2. The van der Waals surface area contributed by atoms with Gasteiger partial charge in [0.1, 0.15) is 5.69 Å². The van der Waals surface area contributed by atoms with Crippen LogP contribution in [0.5, 0.6) is 0 Å². The highest BCUT2D eigenvalue weighted by Crippen LogP contribution is 2.03. The van der Waals surface area contributed by atoms with Crippen molar-refractivity contribution in [3.63, 3.8) is 0 Å². The van der Waals surface area contributed by atoms with E-state index in [0.717, 1.165) is 24.8 Å². The first-order chi connectivity index (χ1) is 7.19. The Kier molecular flexibility index (Phi) is 4.81. The van der Waals surface area contributed by atoms with Crippen LogP contribution in [0.2, 0.25) is 0 Å². The van der Waals surface area contributed by atoms with Crippen LogP contribution in [0.3, 0.4) is 0 Å². The molecule has 0 aliphatic heterocycles. The molecule has 0 aliphatic carbocycles. The lowest BCUT2D eigenvalue weighted by atomic mass is 10.3. The van der Waals surface area contributed by atoms with E-state index in [-0.39, 0.29) is 5.91 Å². The van der Waals surface area contributed by atoms with Gasteiger partial charge < -0.3 is 9.47 Å². The molecule has 0 saturated carbocycles. The number of hydrogen-bond acceptors (Lipinski definition) is 2. The Hall–Kier alpha value is -0.840. The van der Waals surface area contributed by atoms with E-state index >= 15 is 0 Å². The number of nitrogens with zero attached hydrogens (tertiary/aromatic N) is 3. The fraction of sp³-hybridized carbons (Fsp3) is 0.600. The Bertz CT molecular complexity index is 324. The minimum absolute atomic E-state index is 0.0130. The van der Waals surface area contributed by atoms with Crippen LogP contribution in [-0.4, -0.2) is 38.8 Å². The summed E-state index contributed by atoms with van der Waals surface area (Å²) in [5, 5.41) is 0.916. The predicted molar refractivity (Wildman–Crippen MR) is 63.2 cm³/mol. The molecule has 0 N–H and O–H groups in total. The zero-order chi connectivity index (χ0) is 11.3. The molecule has 84 valence electrons. The van der Waals surface area contributed by atoms with E-state index in [1.165, 1.54) is 0 Å². The summed E-state index contributed by atoms with van der Waals surface area (Å²) in [4.78, 5) is 17.8. The Morgan fingerprint density at radius 2 is 2.40 bits per heavy atom. The molecule has 0 radical (unpaired) electrons. The van der Waals surface area contributed by atoms with Gasteiger partial charge in [0.2, 0.25) is 0 Å². The normalized spacial score (nSPS) is 10.3. The van der Waals surface area contributed by atoms with Crippen LogP contribution in [-0.2, 0) is 7.05 Å². The molecular weight excluding hydrogens is 258 g/mol. The molecule has 0 unspecified atom stereocenters. The van der Waals surface area contributed by atoms with E-state index in [4.69, 9.17) is 0 Å². The number of aromatic nitrogens is 2. The summed E-state index contributed by atoms with van der Waals surface area (Å²) >= 11 is 3.36. The second-order valence-corrected chi connectivity index (χ2v) is 4.14. The number of imidazole rings is 1. The Labute approximate surface area is 98.4 Å². The van der Waals surface area contributed by atoms with Crippen molar-refractivity contribution < 1.29 is 4.79 Å². The third-order valence-electron chi connectivity index (χ3n) is 2.15. The molecule has 1 aromatic heterocycles. The minimum atomic E-state index is 0.0130. The van der Waals surface area contributed by atoms with Crippen LogP contribution in [0.25, 0.3) is 0 Å². The molecule has 0 bridgehead atoms. The highest BCUT2D eigenvalue weighted by molar-refractivity contribution is 9.09. The van der Waals surface area contributed by atoms with Gasteiger partial charge in [0.05, 0.1) is 6.33 Å². The predicted octanol–water partition coefficient (Wildman–Crippen LogP) is 1.67. The summed E-state index contributed by atoms with van der Waals surface area (Å²) in [5.41, 5.74) is 0.522. The van der Waals surface area contributed by atoms with Gasteiger partial charge in [-0.15, -0.1) is 0 Å². The molecule has 4 nitrogen and oxygen atoms in total. The second-order valence-electron chi connectivity index (χ2n) is 3.35. The molecule has 1 heterocycles. The Balaban J connectivity index is 2.64. The van der Waals surface area contributed by atoms with Gasteiger partial charge in [0.25, 0.3) is 5.91 Å². The first-order valence-electron chi connectivity index (χ1n) is 5.02. The molecule has 1 rings (SSSR count). The molecule has 1 amide bonds. The minimum Gasteiger partial charge on any atom is -0.340 e. The Morgan fingerprint density at radius 1 is 1.67 bits per heavy atom. The quantitative estimate of drug-likeness (QED) is 0.766. The fourth-order valence-electron chi connectivity index (χ4n) is 1.34. The summed E-state index contributed by atoms with van der Waals surface area (Å²) in [6, 6.07) is 0.